The molecular weight excluding hydrogens is 415 g/mol. The maximum atomic E-state index is 12.3. The molecule has 1 saturated heterocycles. The second-order valence-corrected chi connectivity index (χ2v) is 6.46. The van der Waals surface area contributed by atoms with E-state index in [2.05, 4.69) is 5.32 Å². The first kappa shape index (κ1) is 17.7. The molecule has 1 aliphatic heterocycles. The highest BCUT2D eigenvalue weighted by Crippen LogP contribution is 2.23. The zero-order valence-electron chi connectivity index (χ0n) is 12.5. The lowest BCUT2D eigenvalue weighted by Gasteiger charge is -2.16. The fourth-order valence-corrected chi connectivity index (χ4v) is 2.89. The number of halogens is 1. The molecule has 0 saturated carbocycles. The van der Waals surface area contributed by atoms with Crippen LogP contribution >= 0.6 is 22.6 Å². The summed E-state index contributed by atoms with van der Waals surface area (Å²) in [6.45, 7) is 1.18. The molecule has 0 aromatic heterocycles. The van der Waals surface area contributed by atoms with E-state index < -0.39 is 11.9 Å². The van der Waals surface area contributed by atoms with Crippen LogP contribution in [0.15, 0.2) is 18.2 Å². The van der Waals surface area contributed by atoms with Crippen molar-refractivity contribution in [3.63, 3.8) is 0 Å². The number of carboxylic acids is 1. The summed E-state index contributed by atoms with van der Waals surface area (Å²) in [5.41, 5.74) is 0.275. The molecule has 8 heteroatoms. The molecule has 0 aliphatic carbocycles. The number of hydrogen-bond acceptors (Lipinski definition) is 4. The summed E-state index contributed by atoms with van der Waals surface area (Å²) >= 11 is 2.01. The minimum absolute atomic E-state index is 0.0332. The van der Waals surface area contributed by atoms with Gasteiger partial charge in [0.15, 0.2) is 0 Å². The lowest BCUT2D eigenvalue weighted by atomic mass is 10.1. The standard InChI is InChI=1S/C15H17IN2O5/c1-23-5-4-18-8-9(6-13(18)19)14(20)17-12-3-2-10(16)7-11(12)15(21)22/h2-3,7,9H,4-6,8H2,1H3,(H,17,20)(H,21,22). The average Bonchev–Trinajstić information content (AvgIpc) is 2.88. The van der Waals surface area contributed by atoms with E-state index >= 15 is 0 Å². The van der Waals surface area contributed by atoms with E-state index in [0.717, 1.165) is 3.57 Å². The van der Waals surface area contributed by atoms with Gasteiger partial charge in [0, 0.05) is 30.2 Å². The number of benzene rings is 1. The van der Waals surface area contributed by atoms with Gasteiger partial charge in [0.05, 0.1) is 23.8 Å². The highest BCUT2D eigenvalue weighted by Gasteiger charge is 2.34. The molecule has 0 bridgehead atoms. The Labute approximate surface area is 147 Å². The third-order valence-corrected chi connectivity index (χ3v) is 4.29. The molecule has 2 rings (SSSR count). The van der Waals surface area contributed by atoms with E-state index in [1.54, 1.807) is 24.1 Å². The second-order valence-electron chi connectivity index (χ2n) is 5.22. The summed E-state index contributed by atoms with van der Waals surface area (Å²) in [7, 11) is 1.55. The Hall–Kier alpha value is -1.68. The van der Waals surface area contributed by atoms with Crippen LogP contribution in [0, 0.1) is 9.49 Å². The predicted molar refractivity (Wildman–Crippen MR) is 91.3 cm³/mol. The summed E-state index contributed by atoms with van der Waals surface area (Å²) < 4.78 is 5.70. The SMILES string of the molecule is COCCN1CC(C(=O)Nc2ccc(I)cc2C(=O)O)CC1=O. The Kier molecular flexibility index (Phi) is 5.94. The Morgan fingerprint density at radius 1 is 1.48 bits per heavy atom. The third kappa shape index (κ3) is 4.41. The van der Waals surface area contributed by atoms with Crippen LogP contribution in [0.4, 0.5) is 5.69 Å². The van der Waals surface area contributed by atoms with Crippen molar-refractivity contribution in [1.82, 2.24) is 4.90 Å². The van der Waals surface area contributed by atoms with Crippen LogP contribution in [0.5, 0.6) is 0 Å². The molecular formula is C15H17IN2O5. The third-order valence-electron chi connectivity index (χ3n) is 3.62. The number of anilines is 1. The molecule has 0 radical (unpaired) electrons. The van der Waals surface area contributed by atoms with Gasteiger partial charge in [0.25, 0.3) is 0 Å². The topological polar surface area (TPSA) is 95.9 Å². The number of ether oxygens (including phenoxy) is 1. The summed E-state index contributed by atoms with van der Waals surface area (Å²) in [6, 6.07) is 4.76. The summed E-state index contributed by atoms with van der Waals surface area (Å²) in [4.78, 5) is 37.0. The highest BCUT2D eigenvalue weighted by atomic mass is 127. The van der Waals surface area contributed by atoms with Crippen molar-refractivity contribution < 1.29 is 24.2 Å². The molecule has 1 aliphatic rings. The summed E-state index contributed by atoms with van der Waals surface area (Å²) in [5, 5.41) is 11.8. The number of likely N-dealkylation sites (tertiary alicyclic amines) is 1. The van der Waals surface area contributed by atoms with Crippen LogP contribution in [-0.4, -0.2) is 54.6 Å². The van der Waals surface area contributed by atoms with Crippen LogP contribution in [0.25, 0.3) is 0 Å². The van der Waals surface area contributed by atoms with Gasteiger partial charge in [0.2, 0.25) is 11.8 Å². The number of amides is 2. The van der Waals surface area contributed by atoms with Crippen LogP contribution in [0.3, 0.4) is 0 Å². The smallest absolute Gasteiger partial charge is 0.337 e. The van der Waals surface area contributed by atoms with Crippen LogP contribution in [0.2, 0.25) is 0 Å². The van der Waals surface area contributed by atoms with E-state index in [9.17, 15) is 19.5 Å². The van der Waals surface area contributed by atoms with Gasteiger partial charge in [-0.15, -0.1) is 0 Å². The molecule has 124 valence electrons. The van der Waals surface area contributed by atoms with E-state index in [4.69, 9.17) is 4.74 Å². The largest absolute Gasteiger partial charge is 0.478 e. The fraction of sp³-hybridized carbons (Fsp3) is 0.400. The molecule has 7 nitrogen and oxygen atoms in total. The number of hydrogen-bond donors (Lipinski definition) is 2. The maximum absolute atomic E-state index is 12.3. The number of carbonyl (C=O) groups is 3. The fourth-order valence-electron chi connectivity index (χ4n) is 2.40. The number of rotatable bonds is 6. The molecule has 1 unspecified atom stereocenters. The Morgan fingerprint density at radius 2 is 2.22 bits per heavy atom. The van der Waals surface area contributed by atoms with Gasteiger partial charge in [-0.1, -0.05) is 0 Å². The predicted octanol–water partition coefficient (Wildman–Crippen LogP) is 1.42. The molecule has 23 heavy (non-hydrogen) atoms. The number of aromatic carboxylic acids is 1. The maximum Gasteiger partial charge on any atom is 0.337 e. The van der Waals surface area contributed by atoms with Gasteiger partial charge in [-0.2, -0.15) is 0 Å². The first-order chi connectivity index (χ1) is 10.9. The lowest BCUT2D eigenvalue weighted by Crippen LogP contribution is -2.31. The number of methoxy groups -OCH3 is 1. The van der Waals surface area contributed by atoms with Gasteiger partial charge in [0.1, 0.15) is 0 Å². The number of nitrogens with zero attached hydrogens (tertiary/aromatic N) is 1. The van der Waals surface area contributed by atoms with E-state index in [1.807, 2.05) is 22.6 Å². The molecule has 1 atom stereocenters. The molecule has 1 fully saturated rings. The first-order valence-electron chi connectivity index (χ1n) is 7.02. The van der Waals surface area contributed by atoms with Crippen molar-refractivity contribution in [2.24, 2.45) is 5.92 Å². The van der Waals surface area contributed by atoms with Crippen LogP contribution < -0.4 is 5.32 Å². The minimum Gasteiger partial charge on any atom is -0.478 e. The lowest BCUT2D eigenvalue weighted by molar-refractivity contribution is -0.128. The van der Waals surface area contributed by atoms with Gasteiger partial charge in [-0.25, -0.2) is 4.79 Å². The highest BCUT2D eigenvalue weighted by molar-refractivity contribution is 14.1. The number of carbonyl (C=O) groups excluding carboxylic acids is 2. The van der Waals surface area contributed by atoms with Crippen molar-refractivity contribution in [1.29, 1.82) is 0 Å². The van der Waals surface area contributed by atoms with Crippen LogP contribution in [0.1, 0.15) is 16.8 Å². The molecule has 1 aromatic carbocycles. The van der Waals surface area contributed by atoms with E-state index in [-0.39, 0.29) is 29.5 Å². The first-order valence-corrected chi connectivity index (χ1v) is 8.10. The van der Waals surface area contributed by atoms with Crippen LogP contribution in [-0.2, 0) is 14.3 Å². The zero-order valence-corrected chi connectivity index (χ0v) is 14.7. The molecule has 1 aromatic rings. The Balaban J connectivity index is 2.06. The monoisotopic (exact) mass is 432 g/mol. The average molecular weight is 432 g/mol. The summed E-state index contributed by atoms with van der Waals surface area (Å²) in [5.74, 6) is -2.03. The van der Waals surface area contributed by atoms with E-state index in [1.165, 1.54) is 6.07 Å². The zero-order chi connectivity index (χ0) is 17.0. The molecule has 1 heterocycles. The van der Waals surface area contributed by atoms with E-state index in [0.29, 0.717) is 19.7 Å². The van der Waals surface area contributed by atoms with Crippen molar-refractivity contribution in [2.75, 3.05) is 32.1 Å². The van der Waals surface area contributed by atoms with Gasteiger partial charge in [-0.3, -0.25) is 9.59 Å². The molecule has 0 spiro atoms. The van der Waals surface area contributed by atoms with Gasteiger partial charge < -0.3 is 20.1 Å². The normalized spacial score (nSPS) is 17.4. The quantitative estimate of drug-likeness (QED) is 0.664. The Bertz CT molecular complexity index is 634. The van der Waals surface area contributed by atoms with Gasteiger partial charge >= 0.3 is 5.97 Å². The number of carboxylic acid groups (broad SMARTS) is 1. The Morgan fingerprint density at radius 3 is 2.87 bits per heavy atom. The van der Waals surface area contributed by atoms with Crippen molar-refractivity contribution in [2.45, 2.75) is 6.42 Å². The molecule has 2 amide bonds. The second kappa shape index (κ2) is 7.73. The summed E-state index contributed by atoms with van der Waals surface area (Å²) in [6.07, 6.45) is 0.127. The van der Waals surface area contributed by atoms with Crippen molar-refractivity contribution in [3.8, 4) is 0 Å². The minimum atomic E-state index is -1.11. The van der Waals surface area contributed by atoms with Gasteiger partial charge in [-0.05, 0) is 40.8 Å². The van der Waals surface area contributed by atoms with Crippen molar-refractivity contribution >= 4 is 46.1 Å². The molecule has 2 N–H and O–H groups in total. The number of nitrogens with one attached hydrogen (secondary N) is 1. The van der Waals surface area contributed by atoms with Crippen molar-refractivity contribution in [3.05, 3.63) is 27.3 Å².